The predicted octanol–water partition coefficient (Wildman–Crippen LogP) is 17.7. The van der Waals surface area contributed by atoms with Gasteiger partial charge in [-0.15, -0.1) is 0 Å². The standard InChI is InChI=1S/C62H42/c1-35-13-11-14-36(2)59(35)41-21-23-45-49(27-41)55-31-43(39-17-7-5-8-18-39)29-53-47-25-26-48-52(51(47)33-57(45)61(53)55)34-58-46-24-22-42(60-37(3)15-12-16-38(60)4)28-50(46)56-32-44(30-54(48)62(56)58)40-19-9-6-10-20-40/h5-34H,1-4H3. The Morgan fingerprint density at radius 3 is 0.855 bits per heavy atom. The van der Waals surface area contributed by atoms with Gasteiger partial charge in [-0.3, -0.25) is 0 Å². The van der Waals surface area contributed by atoms with Gasteiger partial charge in [-0.25, -0.2) is 0 Å². The first kappa shape index (κ1) is 35.2. The van der Waals surface area contributed by atoms with Crippen LogP contribution < -0.4 is 0 Å². The highest BCUT2D eigenvalue weighted by Crippen LogP contribution is 2.50. The Morgan fingerprint density at radius 1 is 0.194 bits per heavy atom. The average Bonchev–Trinajstić information content (AvgIpc) is 3.78. The summed E-state index contributed by atoms with van der Waals surface area (Å²) in [4.78, 5) is 0. The molecule has 0 amide bonds. The Balaban J connectivity index is 1.17. The fraction of sp³-hybridized carbons (Fsp3) is 0.0645. The van der Waals surface area contributed by atoms with E-state index in [1.54, 1.807) is 0 Å². The molecule has 0 saturated heterocycles. The summed E-state index contributed by atoms with van der Waals surface area (Å²) in [5.41, 5.74) is 15.4. The van der Waals surface area contributed by atoms with Crippen molar-refractivity contribution >= 4 is 86.2 Å². The normalized spacial score (nSPS) is 12.2. The average molecular weight is 787 g/mol. The number of fused-ring (bicyclic) bond motifs is 11. The van der Waals surface area contributed by atoms with Crippen LogP contribution in [0.4, 0.5) is 0 Å². The summed E-state index contributed by atoms with van der Waals surface area (Å²) in [6.07, 6.45) is 0. The summed E-state index contributed by atoms with van der Waals surface area (Å²) < 4.78 is 0. The van der Waals surface area contributed by atoms with Gasteiger partial charge in [0.2, 0.25) is 0 Å². The molecule has 0 atom stereocenters. The van der Waals surface area contributed by atoms with Crippen molar-refractivity contribution in [2.24, 2.45) is 0 Å². The van der Waals surface area contributed by atoms with Crippen molar-refractivity contribution < 1.29 is 0 Å². The molecular formula is C62H42. The van der Waals surface area contributed by atoms with E-state index in [4.69, 9.17) is 0 Å². The number of hydrogen-bond acceptors (Lipinski definition) is 0. The van der Waals surface area contributed by atoms with E-state index in [1.807, 2.05) is 0 Å². The molecule has 13 aromatic rings. The van der Waals surface area contributed by atoms with E-state index in [0.717, 1.165) is 0 Å². The minimum absolute atomic E-state index is 1.24. The monoisotopic (exact) mass is 786 g/mol. The van der Waals surface area contributed by atoms with Crippen LogP contribution in [0, 0.1) is 27.7 Å². The Morgan fingerprint density at radius 2 is 0.484 bits per heavy atom. The molecule has 0 bridgehead atoms. The maximum absolute atomic E-state index is 2.52. The van der Waals surface area contributed by atoms with Gasteiger partial charge in [-0.1, -0.05) is 133 Å². The van der Waals surface area contributed by atoms with Crippen molar-refractivity contribution in [1.82, 2.24) is 0 Å². The molecule has 0 aliphatic rings. The van der Waals surface area contributed by atoms with E-state index in [2.05, 4.69) is 210 Å². The summed E-state index contributed by atoms with van der Waals surface area (Å²) in [5.74, 6) is 0. The molecule has 290 valence electrons. The molecule has 62 heavy (non-hydrogen) atoms. The Labute approximate surface area is 361 Å². The van der Waals surface area contributed by atoms with Crippen molar-refractivity contribution in [3.05, 3.63) is 204 Å². The van der Waals surface area contributed by atoms with Crippen LogP contribution in [0.25, 0.3) is 131 Å². The third kappa shape index (κ3) is 4.95. The van der Waals surface area contributed by atoms with Crippen LogP contribution in [0.1, 0.15) is 22.3 Å². The molecule has 0 aliphatic carbocycles. The van der Waals surface area contributed by atoms with Crippen LogP contribution in [0.2, 0.25) is 0 Å². The van der Waals surface area contributed by atoms with Gasteiger partial charge >= 0.3 is 0 Å². The zero-order chi connectivity index (χ0) is 41.4. The molecule has 0 saturated carbocycles. The van der Waals surface area contributed by atoms with E-state index in [0.29, 0.717) is 0 Å². The van der Waals surface area contributed by atoms with E-state index in [-0.39, 0.29) is 0 Å². The predicted molar refractivity (Wildman–Crippen MR) is 270 cm³/mol. The summed E-state index contributed by atoms with van der Waals surface area (Å²) in [7, 11) is 0. The summed E-state index contributed by atoms with van der Waals surface area (Å²) in [5, 5.41) is 21.1. The van der Waals surface area contributed by atoms with Gasteiger partial charge in [0.15, 0.2) is 0 Å². The van der Waals surface area contributed by atoms with E-state index < -0.39 is 0 Å². The van der Waals surface area contributed by atoms with Crippen molar-refractivity contribution in [1.29, 1.82) is 0 Å². The Bertz CT molecular complexity index is 3680. The summed E-state index contributed by atoms with van der Waals surface area (Å²) in [6.45, 7) is 8.94. The van der Waals surface area contributed by atoms with E-state index in [9.17, 15) is 0 Å². The highest BCUT2D eigenvalue weighted by Gasteiger charge is 2.22. The third-order valence-corrected chi connectivity index (χ3v) is 14.2. The van der Waals surface area contributed by atoms with Crippen LogP contribution in [-0.4, -0.2) is 0 Å². The molecule has 0 spiro atoms. The second-order valence-electron chi connectivity index (χ2n) is 17.8. The van der Waals surface area contributed by atoms with Gasteiger partial charge in [0.05, 0.1) is 0 Å². The molecule has 0 aliphatic heterocycles. The maximum Gasteiger partial charge on any atom is -0.00195 e. The van der Waals surface area contributed by atoms with Crippen molar-refractivity contribution in [2.75, 3.05) is 0 Å². The van der Waals surface area contributed by atoms with Crippen molar-refractivity contribution in [3.8, 4) is 44.5 Å². The Hall–Kier alpha value is -7.54. The van der Waals surface area contributed by atoms with Gasteiger partial charge < -0.3 is 0 Å². The quantitative estimate of drug-likeness (QED) is 0.156. The zero-order valence-corrected chi connectivity index (χ0v) is 35.3. The van der Waals surface area contributed by atoms with Gasteiger partial charge in [-0.2, -0.15) is 0 Å². The van der Waals surface area contributed by atoms with Gasteiger partial charge in [0.1, 0.15) is 0 Å². The SMILES string of the molecule is Cc1cccc(C)c1-c1ccc2c(c1)c1cc(-c3ccccc3)cc3c4ccc5c(cc6c7ccc(-c8c(C)cccc8C)cc7c7cc(-c8ccccc8)cc5c76)c4cc2c31. The number of hydrogen-bond donors (Lipinski definition) is 0. The molecule has 0 heteroatoms. The maximum atomic E-state index is 2.52. The highest BCUT2D eigenvalue weighted by atomic mass is 14.3. The van der Waals surface area contributed by atoms with Gasteiger partial charge in [-0.05, 0) is 229 Å². The smallest absolute Gasteiger partial charge is 0.00195 e. The van der Waals surface area contributed by atoms with Gasteiger partial charge in [0, 0.05) is 0 Å². The fourth-order valence-electron chi connectivity index (χ4n) is 11.4. The molecule has 0 aromatic heterocycles. The van der Waals surface area contributed by atoms with Crippen LogP contribution in [-0.2, 0) is 0 Å². The lowest BCUT2D eigenvalue weighted by molar-refractivity contribution is 1.38. The molecule has 13 aromatic carbocycles. The first-order valence-corrected chi connectivity index (χ1v) is 21.9. The zero-order valence-electron chi connectivity index (χ0n) is 35.3. The summed E-state index contributed by atoms with van der Waals surface area (Å²) in [6, 6.07) is 69.2. The molecule has 13 rings (SSSR count). The van der Waals surface area contributed by atoms with E-state index >= 15 is 0 Å². The van der Waals surface area contributed by atoms with Crippen molar-refractivity contribution in [2.45, 2.75) is 27.7 Å². The molecule has 0 nitrogen and oxygen atoms in total. The van der Waals surface area contributed by atoms with Gasteiger partial charge in [0.25, 0.3) is 0 Å². The molecule has 0 N–H and O–H groups in total. The molecular weight excluding hydrogens is 745 g/mol. The Kier molecular flexibility index (Phi) is 7.38. The lowest BCUT2D eigenvalue weighted by Crippen LogP contribution is -1.87. The molecule has 0 heterocycles. The summed E-state index contributed by atoms with van der Waals surface area (Å²) >= 11 is 0. The molecule has 0 fully saturated rings. The van der Waals surface area contributed by atoms with E-state index in [1.165, 1.54) is 153 Å². The fourth-order valence-corrected chi connectivity index (χ4v) is 11.4. The van der Waals surface area contributed by atoms with Crippen LogP contribution in [0.3, 0.4) is 0 Å². The first-order valence-electron chi connectivity index (χ1n) is 21.9. The topological polar surface area (TPSA) is 0 Å². The molecule has 0 radical (unpaired) electrons. The van der Waals surface area contributed by atoms with Crippen LogP contribution in [0.15, 0.2) is 182 Å². The van der Waals surface area contributed by atoms with Crippen LogP contribution in [0.5, 0.6) is 0 Å². The second kappa shape index (κ2) is 13.0. The third-order valence-electron chi connectivity index (χ3n) is 14.2. The highest BCUT2D eigenvalue weighted by molar-refractivity contribution is 6.41. The minimum atomic E-state index is 1.24. The lowest BCUT2D eigenvalue weighted by Gasteiger charge is -2.14. The lowest BCUT2D eigenvalue weighted by atomic mass is 9.89. The largest absolute Gasteiger partial charge is 0.0622 e. The minimum Gasteiger partial charge on any atom is -0.0622 e. The second-order valence-corrected chi connectivity index (χ2v) is 17.8. The number of aryl methyl sites for hydroxylation is 4. The van der Waals surface area contributed by atoms with Crippen molar-refractivity contribution in [3.63, 3.8) is 0 Å². The first-order chi connectivity index (χ1) is 30.4. The number of rotatable bonds is 4. The molecule has 0 unspecified atom stereocenters. The number of benzene rings is 11. The van der Waals surface area contributed by atoms with Crippen LogP contribution >= 0.6 is 0 Å².